The van der Waals surface area contributed by atoms with Crippen molar-refractivity contribution in [1.29, 1.82) is 0 Å². The number of hydrogen-bond acceptors (Lipinski definition) is 6. The molecule has 1 heterocycles. The van der Waals surface area contributed by atoms with Crippen molar-refractivity contribution in [3.8, 4) is 11.5 Å². The summed E-state index contributed by atoms with van der Waals surface area (Å²) in [4.78, 5) is 35.8. The zero-order chi connectivity index (χ0) is 21.8. The lowest BCUT2D eigenvalue weighted by molar-refractivity contribution is -0.144. The molecule has 0 unspecified atom stereocenters. The maximum Gasteiger partial charge on any atom is 0.344 e. The number of anilines is 1. The molecule has 158 valence electrons. The Morgan fingerprint density at radius 2 is 1.97 bits per heavy atom. The van der Waals surface area contributed by atoms with Gasteiger partial charge in [0, 0.05) is 10.6 Å². The first-order valence-corrected chi connectivity index (χ1v) is 9.80. The van der Waals surface area contributed by atoms with Gasteiger partial charge in [-0.1, -0.05) is 25.4 Å². The number of esters is 1. The number of carbonyl (C=O) groups is 3. The quantitative estimate of drug-likeness (QED) is 0.528. The highest BCUT2D eigenvalue weighted by Gasteiger charge is 2.19. The van der Waals surface area contributed by atoms with Crippen LogP contribution in [-0.2, 0) is 14.3 Å². The molecule has 8 heteroatoms. The van der Waals surface area contributed by atoms with Crippen LogP contribution in [0, 0.1) is 6.92 Å². The van der Waals surface area contributed by atoms with Gasteiger partial charge >= 0.3 is 5.97 Å². The molecule has 7 nitrogen and oxygen atoms in total. The number of ketones is 1. The van der Waals surface area contributed by atoms with Crippen molar-refractivity contribution in [2.45, 2.75) is 26.7 Å². The highest BCUT2D eigenvalue weighted by atomic mass is 35.5. The fraction of sp³-hybridized carbons (Fsp3) is 0.318. The lowest BCUT2D eigenvalue weighted by atomic mass is 10.0. The Hall–Kier alpha value is -3.06. The molecule has 1 amide bonds. The third kappa shape index (κ3) is 5.10. The maximum atomic E-state index is 12.3. The Kier molecular flexibility index (Phi) is 6.62. The molecule has 0 saturated heterocycles. The van der Waals surface area contributed by atoms with Crippen LogP contribution >= 0.6 is 11.6 Å². The summed E-state index contributed by atoms with van der Waals surface area (Å²) in [6, 6.07) is 8.23. The van der Waals surface area contributed by atoms with E-state index in [1.807, 2.05) is 26.8 Å². The molecule has 0 saturated carbocycles. The number of ether oxygens (including phenoxy) is 3. The lowest BCUT2D eigenvalue weighted by Gasteiger charge is -2.18. The number of carbonyl (C=O) groups excluding carboxylic acids is 3. The number of benzene rings is 2. The van der Waals surface area contributed by atoms with Gasteiger partial charge in [-0.3, -0.25) is 9.59 Å². The van der Waals surface area contributed by atoms with Crippen molar-refractivity contribution in [1.82, 2.24) is 0 Å². The molecule has 0 spiro atoms. The van der Waals surface area contributed by atoms with Gasteiger partial charge in [0.1, 0.15) is 11.5 Å². The Labute approximate surface area is 179 Å². The number of fused-ring (bicyclic) bond motifs is 1. The van der Waals surface area contributed by atoms with Gasteiger partial charge < -0.3 is 19.5 Å². The van der Waals surface area contributed by atoms with Gasteiger partial charge in [0.25, 0.3) is 5.91 Å². The molecule has 2 aromatic rings. The SMILES string of the molecule is Cc1cc(OCC(=O)OCC(=O)c2ccc3c(c2)NC(=O)CO3)c(C(C)C)cc1Cl. The Morgan fingerprint density at radius 1 is 1.20 bits per heavy atom. The Morgan fingerprint density at radius 3 is 2.70 bits per heavy atom. The summed E-state index contributed by atoms with van der Waals surface area (Å²) in [6.45, 7) is 5.01. The second-order valence-electron chi connectivity index (χ2n) is 7.21. The molecule has 30 heavy (non-hydrogen) atoms. The number of rotatable bonds is 7. The molecule has 1 aliphatic heterocycles. The molecule has 0 aromatic heterocycles. The van der Waals surface area contributed by atoms with Crippen LogP contribution in [-0.4, -0.2) is 37.5 Å². The summed E-state index contributed by atoms with van der Waals surface area (Å²) in [5, 5.41) is 3.26. The fourth-order valence-electron chi connectivity index (χ4n) is 2.91. The summed E-state index contributed by atoms with van der Waals surface area (Å²) in [7, 11) is 0. The third-order valence-electron chi connectivity index (χ3n) is 4.56. The minimum Gasteiger partial charge on any atom is -0.482 e. The topological polar surface area (TPSA) is 90.9 Å². The van der Waals surface area contributed by atoms with E-state index in [0.29, 0.717) is 27.8 Å². The van der Waals surface area contributed by atoms with Crippen LogP contribution in [0.5, 0.6) is 11.5 Å². The van der Waals surface area contributed by atoms with Crippen LogP contribution in [0.2, 0.25) is 5.02 Å². The minimum absolute atomic E-state index is 0.0659. The third-order valence-corrected chi connectivity index (χ3v) is 4.96. The van der Waals surface area contributed by atoms with E-state index < -0.39 is 18.4 Å². The lowest BCUT2D eigenvalue weighted by Crippen LogP contribution is -2.25. The number of Topliss-reactive ketones (excluding diaryl/α,β-unsaturated/α-hetero) is 1. The minimum atomic E-state index is -0.666. The molecule has 0 bridgehead atoms. The van der Waals surface area contributed by atoms with Crippen LogP contribution in [0.4, 0.5) is 5.69 Å². The van der Waals surface area contributed by atoms with Crippen molar-refractivity contribution in [3.63, 3.8) is 0 Å². The highest BCUT2D eigenvalue weighted by Crippen LogP contribution is 2.32. The standard InChI is InChI=1S/C22H22ClNO6/c1-12(2)15-8-16(23)13(3)6-20(15)29-11-22(27)30-9-18(25)14-4-5-19-17(7-14)24-21(26)10-28-19/h4-8,12H,9-11H2,1-3H3,(H,24,26). The Balaban J connectivity index is 1.56. The fourth-order valence-corrected chi connectivity index (χ4v) is 3.08. The molecule has 3 rings (SSSR count). The maximum absolute atomic E-state index is 12.3. The van der Waals surface area contributed by atoms with Crippen molar-refractivity contribution in [3.05, 3.63) is 52.0 Å². The largest absolute Gasteiger partial charge is 0.482 e. The summed E-state index contributed by atoms with van der Waals surface area (Å²) in [6.07, 6.45) is 0. The van der Waals surface area contributed by atoms with E-state index in [1.54, 1.807) is 18.2 Å². The predicted molar refractivity (Wildman–Crippen MR) is 112 cm³/mol. The zero-order valence-corrected chi connectivity index (χ0v) is 17.7. The smallest absolute Gasteiger partial charge is 0.344 e. The molecule has 0 fully saturated rings. The monoisotopic (exact) mass is 431 g/mol. The van der Waals surface area contributed by atoms with E-state index in [-0.39, 0.29) is 25.0 Å². The second kappa shape index (κ2) is 9.17. The summed E-state index contributed by atoms with van der Waals surface area (Å²) in [5.41, 5.74) is 2.42. The zero-order valence-electron chi connectivity index (χ0n) is 16.9. The number of halogens is 1. The van der Waals surface area contributed by atoms with E-state index in [1.165, 1.54) is 6.07 Å². The van der Waals surface area contributed by atoms with Gasteiger partial charge in [0.15, 0.2) is 25.6 Å². The van der Waals surface area contributed by atoms with Gasteiger partial charge in [-0.25, -0.2) is 4.79 Å². The van der Waals surface area contributed by atoms with Gasteiger partial charge in [-0.05, 0) is 54.3 Å². The first kappa shape index (κ1) is 21.6. The van der Waals surface area contributed by atoms with Crippen molar-refractivity contribution >= 4 is 34.9 Å². The van der Waals surface area contributed by atoms with E-state index in [9.17, 15) is 14.4 Å². The van der Waals surface area contributed by atoms with Crippen LogP contribution < -0.4 is 14.8 Å². The summed E-state index contributed by atoms with van der Waals surface area (Å²) >= 11 is 6.17. The molecule has 1 N–H and O–H groups in total. The van der Waals surface area contributed by atoms with Crippen LogP contribution in [0.3, 0.4) is 0 Å². The molecular formula is C22H22ClNO6. The Bertz CT molecular complexity index is 1000. The molecule has 0 atom stereocenters. The van der Waals surface area contributed by atoms with E-state index in [4.69, 9.17) is 25.8 Å². The van der Waals surface area contributed by atoms with Crippen molar-refractivity contribution < 1.29 is 28.6 Å². The van der Waals surface area contributed by atoms with Gasteiger partial charge in [-0.2, -0.15) is 0 Å². The summed E-state index contributed by atoms with van der Waals surface area (Å²) in [5.74, 6) is -0.175. The second-order valence-corrected chi connectivity index (χ2v) is 7.62. The van der Waals surface area contributed by atoms with Gasteiger partial charge in [0.2, 0.25) is 0 Å². The molecule has 1 aliphatic rings. The number of amides is 1. The number of aryl methyl sites for hydroxylation is 1. The first-order chi connectivity index (χ1) is 14.2. The average molecular weight is 432 g/mol. The van der Waals surface area contributed by atoms with Crippen molar-refractivity contribution in [2.75, 3.05) is 25.1 Å². The first-order valence-electron chi connectivity index (χ1n) is 9.43. The highest BCUT2D eigenvalue weighted by molar-refractivity contribution is 6.31. The predicted octanol–water partition coefficient (Wildman–Crippen LogP) is 3.91. The summed E-state index contributed by atoms with van der Waals surface area (Å²) < 4.78 is 15.9. The normalized spacial score (nSPS) is 12.6. The van der Waals surface area contributed by atoms with Gasteiger partial charge in [-0.15, -0.1) is 0 Å². The molecular weight excluding hydrogens is 410 g/mol. The number of hydrogen-bond donors (Lipinski definition) is 1. The van der Waals surface area contributed by atoms with Crippen LogP contribution in [0.25, 0.3) is 0 Å². The van der Waals surface area contributed by atoms with E-state index in [0.717, 1.165) is 11.1 Å². The average Bonchev–Trinajstić information content (AvgIpc) is 2.71. The molecule has 0 aliphatic carbocycles. The van der Waals surface area contributed by atoms with Crippen LogP contribution in [0.15, 0.2) is 30.3 Å². The number of nitrogens with one attached hydrogen (secondary N) is 1. The molecule has 0 radical (unpaired) electrons. The van der Waals surface area contributed by atoms with E-state index >= 15 is 0 Å². The van der Waals surface area contributed by atoms with Crippen LogP contribution in [0.1, 0.15) is 41.3 Å². The molecule has 2 aromatic carbocycles. The van der Waals surface area contributed by atoms with E-state index in [2.05, 4.69) is 5.32 Å². The van der Waals surface area contributed by atoms with Crippen molar-refractivity contribution in [2.24, 2.45) is 0 Å². The van der Waals surface area contributed by atoms with Gasteiger partial charge in [0.05, 0.1) is 5.69 Å².